The van der Waals surface area contributed by atoms with Crippen LogP contribution in [-0.4, -0.2) is 33.6 Å². The van der Waals surface area contributed by atoms with E-state index in [4.69, 9.17) is 13.6 Å². The molecule has 1 fully saturated rings. The molecule has 148 valence electrons. The van der Waals surface area contributed by atoms with Gasteiger partial charge >= 0.3 is 8.56 Å². The van der Waals surface area contributed by atoms with Gasteiger partial charge < -0.3 is 13.6 Å². The second kappa shape index (κ2) is 13.1. The molecule has 1 aliphatic rings. The average molecular weight is 371 g/mol. The summed E-state index contributed by atoms with van der Waals surface area (Å²) in [6.07, 6.45) is 15.7. The first-order chi connectivity index (χ1) is 12.2. The highest BCUT2D eigenvalue weighted by Gasteiger charge is 2.59. The van der Waals surface area contributed by atoms with Crippen LogP contribution in [-0.2, 0) is 13.6 Å². The van der Waals surface area contributed by atoms with Gasteiger partial charge in [-0.1, -0.05) is 51.0 Å². The molecule has 0 spiro atoms. The van der Waals surface area contributed by atoms with Gasteiger partial charge in [0.1, 0.15) is 5.22 Å². The predicted molar refractivity (Wildman–Crippen MR) is 109 cm³/mol. The van der Waals surface area contributed by atoms with Crippen LogP contribution in [0.15, 0.2) is 12.7 Å². The van der Waals surface area contributed by atoms with E-state index >= 15 is 0 Å². The summed E-state index contributed by atoms with van der Waals surface area (Å²) in [4.78, 5) is 0. The summed E-state index contributed by atoms with van der Waals surface area (Å²) < 4.78 is 19.2. The molecule has 0 bridgehead atoms. The molecule has 0 N–H and O–H groups in total. The van der Waals surface area contributed by atoms with Gasteiger partial charge in [-0.2, -0.15) is 0 Å². The fourth-order valence-corrected chi connectivity index (χ4v) is 8.84. The number of allylic oxidation sites excluding steroid dienone is 1. The molecule has 25 heavy (non-hydrogen) atoms. The van der Waals surface area contributed by atoms with Crippen LogP contribution in [0.4, 0.5) is 0 Å². The molecule has 1 atom stereocenters. The van der Waals surface area contributed by atoms with Crippen molar-refractivity contribution in [3.63, 3.8) is 0 Å². The van der Waals surface area contributed by atoms with Crippen LogP contribution in [0.1, 0.15) is 91.4 Å². The van der Waals surface area contributed by atoms with Gasteiger partial charge in [-0.05, 0) is 52.5 Å². The molecule has 0 aromatic heterocycles. The second-order valence-corrected chi connectivity index (χ2v) is 10.7. The maximum absolute atomic E-state index is 6.45. The van der Waals surface area contributed by atoms with Gasteiger partial charge in [0.15, 0.2) is 0 Å². The van der Waals surface area contributed by atoms with Gasteiger partial charge in [0.05, 0.1) is 0 Å². The topological polar surface area (TPSA) is 27.7 Å². The molecule has 3 nitrogen and oxygen atoms in total. The highest BCUT2D eigenvalue weighted by molar-refractivity contribution is 6.70. The van der Waals surface area contributed by atoms with Crippen LogP contribution >= 0.6 is 0 Å². The zero-order chi connectivity index (χ0) is 18.4. The molecule has 0 radical (unpaired) electrons. The van der Waals surface area contributed by atoms with Crippen LogP contribution in [0, 0.1) is 0 Å². The van der Waals surface area contributed by atoms with Crippen molar-refractivity contribution in [2.45, 2.75) is 103 Å². The van der Waals surface area contributed by atoms with E-state index in [1.807, 2.05) is 6.08 Å². The lowest BCUT2D eigenvalue weighted by Gasteiger charge is -2.49. The van der Waals surface area contributed by atoms with Crippen LogP contribution in [0.25, 0.3) is 0 Å². The van der Waals surface area contributed by atoms with Crippen molar-refractivity contribution >= 4 is 8.56 Å². The Morgan fingerprint density at radius 3 is 2.12 bits per heavy atom. The maximum atomic E-state index is 6.45. The van der Waals surface area contributed by atoms with E-state index in [-0.39, 0.29) is 5.22 Å². The fourth-order valence-electron chi connectivity index (χ4n) is 4.35. The van der Waals surface area contributed by atoms with E-state index in [0.29, 0.717) is 0 Å². The van der Waals surface area contributed by atoms with Crippen molar-refractivity contribution in [2.24, 2.45) is 0 Å². The lowest BCUT2D eigenvalue weighted by atomic mass is 10.0. The molecule has 0 aromatic carbocycles. The third kappa shape index (κ3) is 6.82. The summed E-state index contributed by atoms with van der Waals surface area (Å²) >= 11 is 0. The minimum Gasteiger partial charge on any atom is -0.393 e. The van der Waals surface area contributed by atoms with Crippen molar-refractivity contribution in [3.05, 3.63) is 12.7 Å². The summed E-state index contributed by atoms with van der Waals surface area (Å²) in [6.45, 7) is 12.4. The molecule has 0 amide bonds. The number of hydrogen-bond acceptors (Lipinski definition) is 3. The Bertz CT molecular complexity index is 333. The van der Waals surface area contributed by atoms with Crippen LogP contribution in [0.2, 0.25) is 6.04 Å². The molecular weight excluding hydrogens is 328 g/mol. The first kappa shape index (κ1) is 22.9. The minimum absolute atomic E-state index is 0.130. The molecule has 1 aliphatic heterocycles. The number of rotatable bonds is 15. The molecule has 1 rings (SSSR count). The molecule has 0 aromatic rings. The summed E-state index contributed by atoms with van der Waals surface area (Å²) in [6, 6.07) is 1.09. The van der Waals surface area contributed by atoms with Gasteiger partial charge in [0.2, 0.25) is 0 Å². The predicted octanol–water partition coefficient (Wildman–Crippen LogP) is 6.31. The van der Waals surface area contributed by atoms with Gasteiger partial charge in [-0.25, -0.2) is 0 Å². The Kier molecular flexibility index (Phi) is 12.0. The highest BCUT2D eigenvalue weighted by Crippen LogP contribution is 2.44. The summed E-state index contributed by atoms with van der Waals surface area (Å²) in [5.74, 6) is 0. The third-order valence-corrected chi connectivity index (χ3v) is 10.00. The van der Waals surface area contributed by atoms with Crippen molar-refractivity contribution in [3.8, 4) is 0 Å². The largest absolute Gasteiger partial charge is 0.393 e. The van der Waals surface area contributed by atoms with Crippen LogP contribution in [0.3, 0.4) is 0 Å². The Labute approximate surface area is 157 Å². The maximum Gasteiger partial charge on any atom is 0.371 e. The average Bonchev–Trinajstić information content (AvgIpc) is 2.60. The quantitative estimate of drug-likeness (QED) is 0.192. The molecule has 1 heterocycles. The third-order valence-electron chi connectivity index (χ3n) is 5.45. The van der Waals surface area contributed by atoms with E-state index in [0.717, 1.165) is 45.1 Å². The lowest BCUT2D eigenvalue weighted by molar-refractivity contribution is -0.0468. The first-order valence-electron chi connectivity index (χ1n) is 10.7. The molecule has 1 unspecified atom stereocenters. The zero-order valence-corrected chi connectivity index (χ0v) is 18.1. The highest BCUT2D eigenvalue weighted by atomic mass is 28.4. The van der Waals surface area contributed by atoms with E-state index in [9.17, 15) is 0 Å². The standard InChI is InChI=1S/C21H42O3Si/c1-5-9-10-11-12-13-14-15-18-21(22-6-2)19-16-17-20-25(21,23-7-3)24-8-4/h5H,1,6-20H2,2-4H3. The number of hydrogen-bond donors (Lipinski definition) is 0. The molecule has 0 saturated carbocycles. The molecule has 4 heteroatoms. The van der Waals surface area contributed by atoms with Crippen molar-refractivity contribution in [2.75, 3.05) is 19.8 Å². The first-order valence-corrected chi connectivity index (χ1v) is 12.8. The van der Waals surface area contributed by atoms with E-state index in [2.05, 4.69) is 27.4 Å². The van der Waals surface area contributed by atoms with E-state index in [1.54, 1.807) is 0 Å². The summed E-state index contributed by atoms with van der Waals surface area (Å²) in [5, 5.41) is -0.130. The van der Waals surface area contributed by atoms with Crippen molar-refractivity contribution in [1.82, 2.24) is 0 Å². The van der Waals surface area contributed by atoms with Gasteiger partial charge in [-0.15, -0.1) is 6.58 Å². The van der Waals surface area contributed by atoms with Crippen molar-refractivity contribution in [1.29, 1.82) is 0 Å². The Morgan fingerprint density at radius 2 is 1.52 bits per heavy atom. The van der Waals surface area contributed by atoms with Crippen LogP contribution < -0.4 is 0 Å². The number of unbranched alkanes of at least 4 members (excludes halogenated alkanes) is 6. The summed E-state index contributed by atoms with van der Waals surface area (Å²) in [5.41, 5.74) is 0. The minimum atomic E-state index is -2.30. The van der Waals surface area contributed by atoms with Crippen LogP contribution in [0.5, 0.6) is 0 Å². The molecule has 0 aliphatic carbocycles. The zero-order valence-electron chi connectivity index (χ0n) is 17.1. The monoisotopic (exact) mass is 370 g/mol. The lowest BCUT2D eigenvalue weighted by Crippen LogP contribution is -2.66. The normalized spacial score (nSPS) is 22.8. The van der Waals surface area contributed by atoms with Gasteiger partial charge in [0.25, 0.3) is 0 Å². The fraction of sp³-hybridized carbons (Fsp3) is 0.905. The SMILES string of the molecule is C=CCCCCCCCCC1(OCC)CCCC[Si]1(OCC)OCC. The smallest absolute Gasteiger partial charge is 0.371 e. The summed E-state index contributed by atoms with van der Waals surface area (Å²) in [7, 11) is -2.30. The van der Waals surface area contributed by atoms with Gasteiger partial charge in [0, 0.05) is 19.8 Å². The Balaban J connectivity index is 2.60. The van der Waals surface area contributed by atoms with Crippen molar-refractivity contribution < 1.29 is 13.6 Å². The number of ether oxygens (including phenoxy) is 1. The van der Waals surface area contributed by atoms with Gasteiger partial charge in [-0.3, -0.25) is 0 Å². The van der Waals surface area contributed by atoms with E-state index < -0.39 is 8.56 Å². The van der Waals surface area contributed by atoms with E-state index in [1.165, 1.54) is 51.4 Å². The second-order valence-electron chi connectivity index (χ2n) is 7.20. The Hall–Kier alpha value is -0.163. The molecule has 1 saturated heterocycles. The Morgan fingerprint density at radius 1 is 0.880 bits per heavy atom. The molecular formula is C21H42O3Si.